The smallest absolute Gasteiger partial charge is 0.313 e. The van der Waals surface area contributed by atoms with Crippen LogP contribution in [0.5, 0.6) is 0 Å². The minimum atomic E-state index is -0.965. The minimum Gasteiger partial charge on any atom is -0.436 e. The summed E-state index contributed by atoms with van der Waals surface area (Å²) in [6.07, 6.45) is -0.795. The van der Waals surface area contributed by atoms with Crippen molar-refractivity contribution in [3.05, 3.63) is 35.4 Å². The molecule has 1 aliphatic heterocycles. The molecule has 1 aromatic carbocycles. The Morgan fingerprint density at radius 2 is 1.86 bits per heavy atom. The molecule has 0 N–H and O–H groups in total. The molecule has 1 heterocycles. The Morgan fingerprint density at radius 1 is 1.24 bits per heavy atom. The second-order valence-electron chi connectivity index (χ2n) is 6.02. The van der Waals surface area contributed by atoms with Crippen molar-refractivity contribution in [1.29, 1.82) is 0 Å². The molecule has 0 bridgehead atoms. The highest BCUT2D eigenvalue weighted by Gasteiger charge is 2.43. The van der Waals surface area contributed by atoms with Gasteiger partial charge in [-0.15, -0.1) is 0 Å². The van der Waals surface area contributed by atoms with Gasteiger partial charge in [-0.1, -0.05) is 25.1 Å². The van der Waals surface area contributed by atoms with Gasteiger partial charge in [-0.25, -0.2) is 4.90 Å². The first-order valence-electron chi connectivity index (χ1n) is 6.93. The van der Waals surface area contributed by atoms with Crippen molar-refractivity contribution < 1.29 is 19.1 Å². The van der Waals surface area contributed by atoms with Crippen LogP contribution < -0.4 is 0 Å². The molecular weight excluding hydrogens is 270 g/mol. The van der Waals surface area contributed by atoms with E-state index in [0.29, 0.717) is 11.1 Å². The Labute approximate surface area is 123 Å². The molecular formula is C16H19NO4. The van der Waals surface area contributed by atoms with Gasteiger partial charge >= 0.3 is 5.97 Å². The Hall–Kier alpha value is -2.17. The minimum absolute atomic E-state index is 0.170. The maximum Gasteiger partial charge on any atom is 0.313 e. The molecule has 0 saturated carbocycles. The third-order valence-corrected chi connectivity index (χ3v) is 3.31. The summed E-state index contributed by atoms with van der Waals surface area (Å²) in [6.45, 7) is 6.85. The number of nitrogens with zero attached hydrogens (tertiary/aromatic N) is 1. The van der Waals surface area contributed by atoms with Crippen molar-refractivity contribution >= 4 is 17.8 Å². The van der Waals surface area contributed by atoms with Crippen LogP contribution in [0.25, 0.3) is 0 Å². The number of amides is 2. The topological polar surface area (TPSA) is 63.7 Å². The monoisotopic (exact) mass is 289 g/mol. The van der Waals surface area contributed by atoms with E-state index in [2.05, 4.69) is 0 Å². The third kappa shape index (κ3) is 2.68. The predicted octanol–water partition coefficient (Wildman–Crippen LogP) is 2.67. The van der Waals surface area contributed by atoms with Crippen molar-refractivity contribution in [2.24, 2.45) is 5.41 Å². The van der Waals surface area contributed by atoms with E-state index in [9.17, 15) is 14.4 Å². The van der Waals surface area contributed by atoms with Gasteiger partial charge in [-0.2, -0.15) is 0 Å². The number of carbonyl (C=O) groups excluding carboxylic acids is 3. The van der Waals surface area contributed by atoms with Crippen molar-refractivity contribution in [3.63, 3.8) is 0 Å². The molecule has 1 atom stereocenters. The summed E-state index contributed by atoms with van der Waals surface area (Å²) < 4.78 is 5.45. The van der Waals surface area contributed by atoms with Gasteiger partial charge in [0.15, 0.2) is 0 Å². The van der Waals surface area contributed by atoms with Gasteiger partial charge in [0.2, 0.25) is 12.1 Å². The highest BCUT2D eigenvalue weighted by atomic mass is 16.6. The van der Waals surface area contributed by atoms with E-state index in [-0.39, 0.29) is 12.3 Å². The number of hydrogen-bond donors (Lipinski definition) is 0. The number of benzene rings is 1. The molecule has 2 amide bonds. The van der Waals surface area contributed by atoms with Crippen molar-refractivity contribution in [3.8, 4) is 0 Å². The number of ether oxygens (including phenoxy) is 1. The summed E-state index contributed by atoms with van der Waals surface area (Å²) in [5.41, 5.74) is 0.259. The van der Waals surface area contributed by atoms with Crippen LogP contribution in [-0.4, -0.2) is 22.7 Å². The molecule has 0 radical (unpaired) electrons. The predicted molar refractivity (Wildman–Crippen MR) is 76.2 cm³/mol. The quantitative estimate of drug-likeness (QED) is 0.785. The van der Waals surface area contributed by atoms with Gasteiger partial charge in [0.05, 0.1) is 5.41 Å². The molecule has 0 aromatic heterocycles. The van der Waals surface area contributed by atoms with Crippen LogP contribution in [0, 0.1) is 5.41 Å². The van der Waals surface area contributed by atoms with E-state index >= 15 is 0 Å². The van der Waals surface area contributed by atoms with E-state index in [1.54, 1.807) is 52.0 Å². The van der Waals surface area contributed by atoms with E-state index in [1.807, 2.05) is 0 Å². The van der Waals surface area contributed by atoms with Gasteiger partial charge in [0, 0.05) is 17.5 Å². The number of carbonyl (C=O) groups is 3. The SMILES string of the molecule is CCC(=O)N1C(=O)c2ccccc2[C@H]1OC(=O)C(C)(C)C. The standard InChI is InChI=1S/C16H19NO4/c1-5-12(18)17-13(19)10-8-6-7-9-11(10)14(17)21-15(20)16(2,3)4/h6-9,14H,5H2,1-4H3/t14-/m1/s1. The highest BCUT2D eigenvalue weighted by Crippen LogP contribution is 2.36. The molecule has 1 aromatic rings. The Kier molecular flexibility index (Phi) is 3.85. The number of hydrogen-bond acceptors (Lipinski definition) is 4. The van der Waals surface area contributed by atoms with Crippen LogP contribution in [-0.2, 0) is 14.3 Å². The number of fused-ring (bicyclic) bond motifs is 1. The lowest BCUT2D eigenvalue weighted by atomic mass is 9.97. The van der Waals surface area contributed by atoms with Gasteiger partial charge in [-0.3, -0.25) is 14.4 Å². The molecule has 0 unspecified atom stereocenters. The van der Waals surface area contributed by atoms with E-state index in [0.717, 1.165) is 4.90 Å². The van der Waals surface area contributed by atoms with Gasteiger partial charge in [0.25, 0.3) is 5.91 Å². The van der Waals surface area contributed by atoms with E-state index in [1.165, 1.54) is 0 Å². The van der Waals surface area contributed by atoms with Gasteiger partial charge < -0.3 is 4.74 Å². The summed E-state index contributed by atoms with van der Waals surface area (Å²) >= 11 is 0. The molecule has 0 aliphatic carbocycles. The normalized spacial score (nSPS) is 17.6. The average Bonchev–Trinajstić information content (AvgIpc) is 2.71. The lowest BCUT2D eigenvalue weighted by Crippen LogP contribution is -2.37. The first kappa shape index (κ1) is 15.2. The zero-order chi connectivity index (χ0) is 15.8. The Bertz CT molecular complexity index is 601. The summed E-state index contributed by atoms with van der Waals surface area (Å²) in [7, 11) is 0. The summed E-state index contributed by atoms with van der Waals surface area (Å²) in [5.74, 6) is -1.22. The van der Waals surface area contributed by atoms with Crippen LogP contribution in [0.1, 0.15) is 56.3 Å². The lowest BCUT2D eigenvalue weighted by Gasteiger charge is -2.26. The average molecular weight is 289 g/mol. The second kappa shape index (κ2) is 5.31. The maximum atomic E-state index is 12.4. The number of imide groups is 1. The molecule has 21 heavy (non-hydrogen) atoms. The van der Waals surface area contributed by atoms with Crippen LogP contribution in [0.3, 0.4) is 0 Å². The fourth-order valence-corrected chi connectivity index (χ4v) is 2.09. The third-order valence-electron chi connectivity index (χ3n) is 3.31. The zero-order valence-electron chi connectivity index (χ0n) is 12.7. The summed E-state index contributed by atoms with van der Waals surface area (Å²) in [6, 6.07) is 6.82. The van der Waals surface area contributed by atoms with Gasteiger partial charge in [-0.05, 0) is 26.8 Å². The fourth-order valence-electron chi connectivity index (χ4n) is 2.09. The molecule has 0 fully saturated rings. The van der Waals surface area contributed by atoms with Crippen molar-refractivity contribution in [2.45, 2.75) is 40.3 Å². The Morgan fingerprint density at radius 3 is 2.43 bits per heavy atom. The van der Waals surface area contributed by atoms with E-state index < -0.39 is 23.5 Å². The molecule has 1 aliphatic rings. The first-order valence-corrected chi connectivity index (χ1v) is 6.93. The summed E-state index contributed by atoms with van der Waals surface area (Å²) in [4.78, 5) is 37.6. The van der Waals surface area contributed by atoms with Crippen molar-refractivity contribution in [2.75, 3.05) is 0 Å². The zero-order valence-corrected chi connectivity index (χ0v) is 12.7. The van der Waals surface area contributed by atoms with Gasteiger partial charge in [0.1, 0.15) is 0 Å². The number of esters is 1. The van der Waals surface area contributed by atoms with Crippen LogP contribution >= 0.6 is 0 Å². The molecule has 0 saturated heterocycles. The second-order valence-corrected chi connectivity index (χ2v) is 6.02. The number of rotatable bonds is 2. The summed E-state index contributed by atoms with van der Waals surface area (Å²) in [5, 5.41) is 0. The van der Waals surface area contributed by atoms with Crippen LogP contribution in [0.2, 0.25) is 0 Å². The van der Waals surface area contributed by atoms with Crippen molar-refractivity contribution in [1.82, 2.24) is 4.90 Å². The largest absolute Gasteiger partial charge is 0.436 e. The molecule has 0 spiro atoms. The maximum absolute atomic E-state index is 12.4. The molecule has 112 valence electrons. The molecule has 5 nitrogen and oxygen atoms in total. The van der Waals surface area contributed by atoms with E-state index in [4.69, 9.17) is 4.74 Å². The first-order chi connectivity index (χ1) is 9.77. The lowest BCUT2D eigenvalue weighted by molar-refractivity contribution is -0.169. The Balaban J connectivity index is 2.41. The molecule has 2 rings (SSSR count). The fraction of sp³-hybridized carbons (Fsp3) is 0.438. The van der Waals surface area contributed by atoms with Crippen LogP contribution in [0.4, 0.5) is 0 Å². The highest BCUT2D eigenvalue weighted by molar-refractivity contribution is 6.08. The van der Waals surface area contributed by atoms with Crippen LogP contribution in [0.15, 0.2) is 24.3 Å². The molecule has 5 heteroatoms.